The van der Waals surface area contributed by atoms with Gasteiger partial charge in [-0.1, -0.05) is 0 Å². The number of ether oxygens (including phenoxy) is 2. The molecule has 0 aliphatic carbocycles. The van der Waals surface area contributed by atoms with E-state index in [4.69, 9.17) is 9.47 Å². The van der Waals surface area contributed by atoms with Crippen molar-refractivity contribution in [3.05, 3.63) is 10.0 Å². The maximum absolute atomic E-state index is 9.54. The van der Waals surface area contributed by atoms with Crippen LogP contribution in [0.15, 0.2) is 4.47 Å². The van der Waals surface area contributed by atoms with Gasteiger partial charge in [0.2, 0.25) is 11.5 Å². The van der Waals surface area contributed by atoms with E-state index < -0.39 is 0 Å². The molecule has 4 nitrogen and oxygen atoms in total. The number of hydrogen-bond donors (Lipinski definition) is 2. The molecule has 1 aromatic rings. The Hall–Kier alpha value is -1.10. The van der Waals surface area contributed by atoms with Crippen LogP contribution >= 0.6 is 15.9 Å². The molecule has 0 spiro atoms. The van der Waals surface area contributed by atoms with Crippen molar-refractivity contribution in [2.75, 3.05) is 14.2 Å². The van der Waals surface area contributed by atoms with Crippen LogP contribution in [0.1, 0.15) is 5.56 Å². The second-order valence-corrected chi connectivity index (χ2v) is 3.50. The number of aromatic hydroxyl groups is 2. The third-order valence-corrected chi connectivity index (χ3v) is 2.89. The van der Waals surface area contributed by atoms with Gasteiger partial charge in [0.25, 0.3) is 0 Å². The Morgan fingerprint density at radius 2 is 1.43 bits per heavy atom. The molecule has 0 saturated carbocycles. The molecule has 2 N–H and O–H groups in total. The fraction of sp³-hybridized carbons (Fsp3) is 0.333. The van der Waals surface area contributed by atoms with Crippen LogP contribution in [0.3, 0.4) is 0 Å². The van der Waals surface area contributed by atoms with Crippen molar-refractivity contribution in [1.29, 1.82) is 0 Å². The highest BCUT2D eigenvalue weighted by molar-refractivity contribution is 9.10. The lowest BCUT2D eigenvalue weighted by Crippen LogP contribution is -1.93. The van der Waals surface area contributed by atoms with Gasteiger partial charge in [0.15, 0.2) is 11.5 Å². The molecule has 0 amide bonds. The molecule has 0 heterocycles. The quantitative estimate of drug-likeness (QED) is 0.803. The summed E-state index contributed by atoms with van der Waals surface area (Å²) in [4.78, 5) is 0. The van der Waals surface area contributed by atoms with Crippen LogP contribution in [0, 0.1) is 6.92 Å². The normalized spacial score (nSPS) is 10.0. The van der Waals surface area contributed by atoms with E-state index in [1.807, 2.05) is 0 Å². The Balaban J connectivity index is 3.55. The van der Waals surface area contributed by atoms with Gasteiger partial charge >= 0.3 is 0 Å². The summed E-state index contributed by atoms with van der Waals surface area (Å²) in [5, 5.41) is 19.1. The molecule has 1 rings (SSSR count). The summed E-state index contributed by atoms with van der Waals surface area (Å²) in [7, 11) is 2.82. The van der Waals surface area contributed by atoms with Gasteiger partial charge in [0, 0.05) is 5.56 Å². The molecule has 0 aromatic heterocycles. The van der Waals surface area contributed by atoms with Gasteiger partial charge in [-0.25, -0.2) is 0 Å². The molecule has 14 heavy (non-hydrogen) atoms. The number of hydrogen-bond acceptors (Lipinski definition) is 4. The van der Waals surface area contributed by atoms with E-state index in [1.54, 1.807) is 6.92 Å². The van der Waals surface area contributed by atoms with Crippen molar-refractivity contribution in [2.45, 2.75) is 6.92 Å². The van der Waals surface area contributed by atoms with Crippen LogP contribution in [0.5, 0.6) is 23.0 Å². The van der Waals surface area contributed by atoms with Crippen molar-refractivity contribution in [3.8, 4) is 23.0 Å². The number of methoxy groups -OCH3 is 2. The summed E-state index contributed by atoms with van der Waals surface area (Å²) in [5.74, 6) is -0.220. The number of phenols is 2. The van der Waals surface area contributed by atoms with Gasteiger partial charge in [-0.15, -0.1) is 0 Å². The Kier molecular flexibility index (Phi) is 3.10. The Labute approximate surface area is 90.2 Å². The van der Waals surface area contributed by atoms with Crippen LogP contribution < -0.4 is 9.47 Å². The molecule has 0 saturated heterocycles. The average Bonchev–Trinajstić information content (AvgIpc) is 2.17. The zero-order valence-electron chi connectivity index (χ0n) is 8.09. The molecule has 0 aliphatic heterocycles. The van der Waals surface area contributed by atoms with Crippen LogP contribution in [-0.4, -0.2) is 24.4 Å². The summed E-state index contributed by atoms with van der Waals surface area (Å²) in [5.41, 5.74) is 0.666. The van der Waals surface area contributed by atoms with Gasteiger partial charge in [-0.2, -0.15) is 0 Å². The Morgan fingerprint density at radius 3 is 1.86 bits per heavy atom. The van der Waals surface area contributed by atoms with Crippen molar-refractivity contribution in [3.63, 3.8) is 0 Å². The molecule has 5 heteroatoms. The summed E-state index contributed by atoms with van der Waals surface area (Å²) in [6.07, 6.45) is 0. The summed E-state index contributed by atoms with van der Waals surface area (Å²) < 4.78 is 10.4. The Morgan fingerprint density at radius 1 is 1.00 bits per heavy atom. The number of benzene rings is 1. The van der Waals surface area contributed by atoms with E-state index in [0.29, 0.717) is 10.0 Å². The third-order valence-electron chi connectivity index (χ3n) is 1.93. The smallest absolute Gasteiger partial charge is 0.205 e. The minimum absolute atomic E-state index is 0.195. The predicted molar refractivity (Wildman–Crippen MR) is 55.3 cm³/mol. The first kappa shape index (κ1) is 11.0. The van der Waals surface area contributed by atoms with E-state index in [1.165, 1.54) is 14.2 Å². The summed E-state index contributed by atoms with van der Waals surface area (Å²) in [6.45, 7) is 1.74. The van der Waals surface area contributed by atoms with E-state index in [-0.39, 0.29) is 23.0 Å². The maximum Gasteiger partial charge on any atom is 0.205 e. The SMILES string of the molecule is COc1c(C)c(Br)c(OC)c(O)c1O. The van der Waals surface area contributed by atoms with E-state index >= 15 is 0 Å². The van der Waals surface area contributed by atoms with Crippen molar-refractivity contribution in [2.24, 2.45) is 0 Å². The molecule has 0 atom stereocenters. The van der Waals surface area contributed by atoms with E-state index in [9.17, 15) is 10.2 Å². The van der Waals surface area contributed by atoms with Gasteiger partial charge in [-0.05, 0) is 22.9 Å². The average molecular weight is 263 g/mol. The molecule has 0 radical (unpaired) electrons. The standard InChI is InChI=1S/C9H11BrO4/c1-4-5(10)9(14-3)7(12)6(11)8(4)13-2/h11-12H,1-3H3. The highest BCUT2D eigenvalue weighted by Gasteiger charge is 2.21. The summed E-state index contributed by atoms with van der Waals surface area (Å²) in [6, 6.07) is 0. The van der Waals surface area contributed by atoms with Crippen LogP contribution in [-0.2, 0) is 0 Å². The molecular formula is C9H11BrO4. The van der Waals surface area contributed by atoms with Crippen molar-refractivity contribution < 1.29 is 19.7 Å². The zero-order chi connectivity index (χ0) is 10.9. The minimum Gasteiger partial charge on any atom is -0.502 e. The third kappa shape index (κ3) is 1.48. The fourth-order valence-electron chi connectivity index (χ4n) is 1.20. The lowest BCUT2D eigenvalue weighted by Gasteiger charge is -2.14. The topological polar surface area (TPSA) is 58.9 Å². The fourth-order valence-corrected chi connectivity index (χ4v) is 1.73. The van der Waals surface area contributed by atoms with Gasteiger partial charge in [0.1, 0.15) is 0 Å². The zero-order valence-corrected chi connectivity index (χ0v) is 9.67. The lowest BCUT2D eigenvalue weighted by atomic mass is 10.2. The van der Waals surface area contributed by atoms with E-state index in [0.717, 1.165) is 0 Å². The molecular weight excluding hydrogens is 252 g/mol. The van der Waals surface area contributed by atoms with Gasteiger partial charge < -0.3 is 19.7 Å². The van der Waals surface area contributed by atoms with Crippen LogP contribution in [0.25, 0.3) is 0 Å². The molecule has 0 bridgehead atoms. The van der Waals surface area contributed by atoms with E-state index in [2.05, 4.69) is 15.9 Å². The van der Waals surface area contributed by atoms with Crippen LogP contribution in [0.4, 0.5) is 0 Å². The largest absolute Gasteiger partial charge is 0.502 e. The second-order valence-electron chi connectivity index (χ2n) is 2.70. The molecule has 78 valence electrons. The maximum atomic E-state index is 9.54. The number of halogens is 1. The molecule has 0 aliphatic rings. The first-order chi connectivity index (χ1) is 6.54. The van der Waals surface area contributed by atoms with Gasteiger partial charge in [-0.3, -0.25) is 0 Å². The van der Waals surface area contributed by atoms with Gasteiger partial charge in [0.05, 0.1) is 18.7 Å². The summed E-state index contributed by atoms with van der Waals surface area (Å²) >= 11 is 3.24. The number of rotatable bonds is 2. The monoisotopic (exact) mass is 262 g/mol. The minimum atomic E-state index is -0.332. The highest BCUT2D eigenvalue weighted by Crippen LogP contribution is 2.49. The molecule has 1 aromatic carbocycles. The molecule has 0 fully saturated rings. The lowest BCUT2D eigenvalue weighted by molar-refractivity contribution is 0.325. The first-order valence-corrected chi connectivity index (χ1v) is 4.65. The molecule has 0 unspecified atom stereocenters. The van der Waals surface area contributed by atoms with Crippen molar-refractivity contribution in [1.82, 2.24) is 0 Å². The first-order valence-electron chi connectivity index (χ1n) is 3.86. The Bertz CT molecular complexity index is 298. The highest BCUT2D eigenvalue weighted by atomic mass is 79.9. The van der Waals surface area contributed by atoms with Crippen LogP contribution in [0.2, 0.25) is 0 Å². The number of phenolic OH excluding ortho intramolecular Hbond substituents is 2. The predicted octanol–water partition coefficient (Wildman–Crippen LogP) is 2.19. The second kappa shape index (κ2) is 3.96. The van der Waals surface area contributed by atoms with Crippen molar-refractivity contribution >= 4 is 15.9 Å².